The van der Waals surface area contributed by atoms with E-state index < -0.39 is 15.5 Å². The van der Waals surface area contributed by atoms with Crippen molar-refractivity contribution in [3.63, 3.8) is 0 Å². The Morgan fingerprint density at radius 3 is 2.42 bits per heavy atom. The number of rotatable bonds is 9. The van der Waals surface area contributed by atoms with Crippen molar-refractivity contribution in [2.24, 2.45) is 5.10 Å². The van der Waals surface area contributed by atoms with E-state index in [2.05, 4.69) is 33.1 Å². The van der Waals surface area contributed by atoms with Gasteiger partial charge in [0.1, 0.15) is 12.3 Å². The zero-order chi connectivity index (χ0) is 24.0. The topological polar surface area (TPSA) is 129 Å². The Morgan fingerprint density at radius 1 is 1.06 bits per heavy atom. The second-order valence-electron chi connectivity index (χ2n) is 6.89. The number of nitrogens with one attached hydrogen (secondary N) is 1. The minimum Gasteiger partial charge on any atom is -0.493 e. The van der Waals surface area contributed by atoms with E-state index in [1.54, 1.807) is 6.07 Å². The normalized spacial score (nSPS) is 10.8. The van der Waals surface area contributed by atoms with Gasteiger partial charge in [-0.25, -0.2) is 0 Å². The summed E-state index contributed by atoms with van der Waals surface area (Å²) < 4.78 is 12.2. The number of aryl methyl sites for hydroxylation is 1. The maximum absolute atomic E-state index is 11.2. The van der Waals surface area contributed by atoms with Gasteiger partial charge < -0.3 is 9.47 Å². The van der Waals surface area contributed by atoms with Crippen LogP contribution in [0.4, 0.5) is 17.1 Å². The van der Waals surface area contributed by atoms with E-state index in [-0.39, 0.29) is 11.4 Å². The average Bonchev–Trinajstić information content (AvgIpc) is 2.79. The monoisotopic (exact) mass is 562 g/mol. The standard InChI is InChI=1S/C22H19IN4O6/c1-14-3-5-15(6-4-14)13-33-22-18(23)9-16(10-21(22)32-2)12-24-25-19-8-7-17(26(28)29)11-20(19)27(30)31/h3-12,25H,13H2,1-2H3/b24-12-. The van der Waals surface area contributed by atoms with Crippen LogP contribution in [0.15, 0.2) is 59.7 Å². The smallest absolute Gasteiger partial charge is 0.301 e. The molecular weight excluding hydrogens is 543 g/mol. The Morgan fingerprint density at radius 2 is 1.79 bits per heavy atom. The molecule has 1 N–H and O–H groups in total. The minimum atomic E-state index is -0.711. The van der Waals surface area contributed by atoms with Crippen LogP contribution < -0.4 is 14.9 Å². The van der Waals surface area contributed by atoms with Crippen molar-refractivity contribution in [1.29, 1.82) is 0 Å². The van der Waals surface area contributed by atoms with Crippen LogP contribution in [0.3, 0.4) is 0 Å². The van der Waals surface area contributed by atoms with Crippen LogP contribution >= 0.6 is 22.6 Å². The van der Waals surface area contributed by atoms with Gasteiger partial charge in [-0.15, -0.1) is 0 Å². The van der Waals surface area contributed by atoms with Gasteiger partial charge in [0, 0.05) is 6.07 Å². The van der Waals surface area contributed by atoms with Crippen molar-refractivity contribution in [1.82, 2.24) is 0 Å². The third-order valence-corrected chi connectivity index (χ3v) is 5.34. The van der Waals surface area contributed by atoms with Gasteiger partial charge >= 0.3 is 5.69 Å². The van der Waals surface area contributed by atoms with Gasteiger partial charge in [-0.3, -0.25) is 25.7 Å². The second-order valence-corrected chi connectivity index (χ2v) is 8.06. The molecular formula is C22H19IN4O6. The Labute approximate surface area is 202 Å². The molecule has 10 nitrogen and oxygen atoms in total. The van der Waals surface area contributed by atoms with Crippen molar-refractivity contribution < 1.29 is 19.3 Å². The number of methoxy groups -OCH3 is 1. The lowest BCUT2D eigenvalue weighted by molar-refractivity contribution is -0.393. The fourth-order valence-electron chi connectivity index (χ4n) is 2.85. The molecule has 170 valence electrons. The lowest BCUT2D eigenvalue weighted by atomic mass is 10.2. The number of ether oxygens (including phenoxy) is 2. The SMILES string of the molecule is COc1cc(/C=N\Nc2ccc([N+](=O)[O-])cc2[N+](=O)[O-])cc(I)c1OCc1ccc(C)cc1. The summed E-state index contributed by atoms with van der Waals surface area (Å²) in [6.07, 6.45) is 1.46. The second kappa shape index (κ2) is 10.7. The van der Waals surface area contributed by atoms with E-state index >= 15 is 0 Å². The lowest BCUT2D eigenvalue weighted by Crippen LogP contribution is -2.01. The summed E-state index contributed by atoms with van der Waals surface area (Å²) in [5.41, 5.74) is 4.62. The molecule has 0 aromatic heterocycles. The number of hydrogen-bond acceptors (Lipinski definition) is 8. The first kappa shape index (κ1) is 23.9. The molecule has 0 atom stereocenters. The number of benzene rings is 3. The maximum atomic E-state index is 11.2. The van der Waals surface area contributed by atoms with Crippen LogP contribution in [0.2, 0.25) is 0 Å². The molecule has 0 saturated carbocycles. The molecule has 0 aliphatic carbocycles. The highest BCUT2D eigenvalue weighted by atomic mass is 127. The first-order chi connectivity index (χ1) is 15.8. The van der Waals surface area contributed by atoms with Crippen LogP contribution in [0, 0.1) is 30.7 Å². The summed E-state index contributed by atoms with van der Waals surface area (Å²) in [5.74, 6) is 1.10. The Hall–Kier alpha value is -3.74. The molecule has 0 bridgehead atoms. The van der Waals surface area contributed by atoms with Crippen LogP contribution in [-0.2, 0) is 6.61 Å². The van der Waals surface area contributed by atoms with E-state index in [4.69, 9.17) is 9.47 Å². The number of anilines is 1. The van der Waals surface area contributed by atoms with E-state index in [9.17, 15) is 20.2 Å². The molecule has 11 heteroatoms. The summed E-state index contributed by atoms with van der Waals surface area (Å²) in [7, 11) is 1.53. The summed E-state index contributed by atoms with van der Waals surface area (Å²) in [4.78, 5) is 20.7. The molecule has 3 aromatic rings. The Bertz CT molecular complexity index is 1210. The number of hydrogen-bond donors (Lipinski definition) is 1. The largest absolute Gasteiger partial charge is 0.493 e. The first-order valence-corrected chi connectivity index (χ1v) is 10.6. The predicted octanol–water partition coefficient (Wildman–Crippen LogP) is 5.45. The number of nitrogens with zero attached hydrogens (tertiary/aromatic N) is 3. The molecule has 0 aliphatic heterocycles. The van der Waals surface area contributed by atoms with Crippen molar-refractivity contribution in [3.8, 4) is 11.5 Å². The van der Waals surface area contributed by atoms with Gasteiger partial charge in [-0.1, -0.05) is 29.8 Å². The Kier molecular flexibility index (Phi) is 7.77. The first-order valence-electron chi connectivity index (χ1n) is 9.56. The highest BCUT2D eigenvalue weighted by Crippen LogP contribution is 2.34. The zero-order valence-corrected chi connectivity index (χ0v) is 19.8. The zero-order valence-electron chi connectivity index (χ0n) is 17.6. The van der Waals surface area contributed by atoms with Gasteiger partial charge in [0.05, 0.1) is 32.8 Å². The molecule has 0 amide bonds. The molecule has 0 unspecified atom stereocenters. The van der Waals surface area contributed by atoms with Crippen molar-refractivity contribution in [2.75, 3.05) is 12.5 Å². The van der Waals surface area contributed by atoms with Gasteiger partial charge in [0.25, 0.3) is 5.69 Å². The number of nitro groups is 2. The van der Waals surface area contributed by atoms with Gasteiger partial charge in [0.2, 0.25) is 0 Å². The number of nitro benzene ring substituents is 2. The maximum Gasteiger partial charge on any atom is 0.301 e. The average molecular weight is 562 g/mol. The van der Waals surface area contributed by atoms with Crippen molar-refractivity contribution >= 4 is 45.9 Å². The molecule has 0 saturated heterocycles. The molecule has 0 aliphatic rings. The van der Waals surface area contributed by atoms with Crippen LogP contribution in [0.1, 0.15) is 16.7 Å². The van der Waals surface area contributed by atoms with Gasteiger partial charge in [0.15, 0.2) is 11.5 Å². The number of halogens is 1. The summed E-state index contributed by atoms with van der Waals surface area (Å²) >= 11 is 2.13. The molecule has 3 rings (SSSR count). The third kappa shape index (κ3) is 6.16. The van der Waals surface area contributed by atoms with Crippen LogP contribution in [-0.4, -0.2) is 23.2 Å². The van der Waals surface area contributed by atoms with E-state index in [0.717, 1.165) is 21.3 Å². The van der Waals surface area contributed by atoms with E-state index in [0.29, 0.717) is 23.7 Å². The summed E-state index contributed by atoms with van der Waals surface area (Å²) in [6.45, 7) is 2.40. The van der Waals surface area contributed by atoms with Gasteiger partial charge in [-0.2, -0.15) is 5.10 Å². The van der Waals surface area contributed by atoms with Crippen molar-refractivity contribution in [3.05, 3.63) is 95.1 Å². The molecule has 0 spiro atoms. The summed E-state index contributed by atoms with van der Waals surface area (Å²) in [6, 6.07) is 14.9. The fourth-order valence-corrected chi connectivity index (χ4v) is 3.63. The number of hydrazone groups is 1. The Balaban J connectivity index is 1.76. The number of non-ortho nitro benzene ring substituents is 1. The van der Waals surface area contributed by atoms with Crippen LogP contribution in [0.25, 0.3) is 0 Å². The fraction of sp³-hybridized carbons (Fsp3) is 0.136. The molecule has 0 radical (unpaired) electrons. The molecule has 33 heavy (non-hydrogen) atoms. The lowest BCUT2D eigenvalue weighted by Gasteiger charge is -2.13. The quantitative estimate of drug-likeness (QED) is 0.159. The highest BCUT2D eigenvalue weighted by Gasteiger charge is 2.19. The van der Waals surface area contributed by atoms with Crippen molar-refractivity contribution in [2.45, 2.75) is 13.5 Å². The third-order valence-electron chi connectivity index (χ3n) is 4.54. The highest BCUT2D eigenvalue weighted by molar-refractivity contribution is 14.1. The molecule has 0 fully saturated rings. The minimum absolute atomic E-state index is 0.0292. The predicted molar refractivity (Wildman–Crippen MR) is 132 cm³/mol. The van der Waals surface area contributed by atoms with Crippen LogP contribution in [0.5, 0.6) is 11.5 Å². The molecule has 3 aromatic carbocycles. The molecule has 0 heterocycles. The van der Waals surface area contributed by atoms with E-state index in [1.807, 2.05) is 37.3 Å². The van der Waals surface area contributed by atoms with E-state index in [1.165, 1.54) is 25.0 Å². The van der Waals surface area contributed by atoms with Gasteiger partial charge in [-0.05, 0) is 58.8 Å². The summed E-state index contributed by atoms with van der Waals surface area (Å²) in [5, 5.41) is 26.1.